The van der Waals surface area contributed by atoms with Gasteiger partial charge in [-0.25, -0.2) is 0 Å². The van der Waals surface area contributed by atoms with Gasteiger partial charge in [-0.3, -0.25) is 14.5 Å². The molecule has 1 unspecified atom stereocenters. The van der Waals surface area contributed by atoms with Crippen molar-refractivity contribution in [3.63, 3.8) is 0 Å². The molecule has 0 spiro atoms. The SMILES string of the molecule is CN1C(=O)CC(C(C)(C)I)C1=O. The first kappa shape index (κ1) is 9.95. The Kier molecular flexibility index (Phi) is 2.47. The molecule has 0 aliphatic carbocycles. The van der Waals surface area contributed by atoms with E-state index in [1.807, 2.05) is 13.8 Å². The van der Waals surface area contributed by atoms with Crippen LogP contribution in [0, 0.1) is 5.92 Å². The summed E-state index contributed by atoms with van der Waals surface area (Å²) in [4.78, 5) is 23.8. The quantitative estimate of drug-likeness (QED) is 0.411. The number of imide groups is 1. The molecule has 1 atom stereocenters. The third kappa shape index (κ3) is 1.62. The van der Waals surface area contributed by atoms with Crippen molar-refractivity contribution in [2.24, 2.45) is 5.92 Å². The maximum Gasteiger partial charge on any atom is 0.233 e. The predicted molar refractivity (Wildman–Crippen MR) is 54.0 cm³/mol. The van der Waals surface area contributed by atoms with Gasteiger partial charge in [0.2, 0.25) is 11.8 Å². The van der Waals surface area contributed by atoms with E-state index in [1.54, 1.807) is 7.05 Å². The van der Waals surface area contributed by atoms with E-state index in [2.05, 4.69) is 22.6 Å². The first-order chi connectivity index (χ1) is 5.34. The van der Waals surface area contributed by atoms with E-state index in [-0.39, 0.29) is 21.2 Å². The van der Waals surface area contributed by atoms with Crippen LogP contribution < -0.4 is 0 Å². The van der Waals surface area contributed by atoms with E-state index in [1.165, 1.54) is 4.90 Å². The molecule has 68 valence electrons. The van der Waals surface area contributed by atoms with Crippen molar-refractivity contribution in [2.45, 2.75) is 23.7 Å². The van der Waals surface area contributed by atoms with Gasteiger partial charge in [-0.2, -0.15) is 0 Å². The van der Waals surface area contributed by atoms with Gasteiger partial charge in [-0.1, -0.05) is 36.4 Å². The minimum atomic E-state index is -0.143. The predicted octanol–water partition coefficient (Wildman–Crippen LogP) is 1.20. The molecule has 2 amide bonds. The summed E-state index contributed by atoms with van der Waals surface area (Å²) in [5.41, 5.74) is 0. The van der Waals surface area contributed by atoms with Gasteiger partial charge in [0.05, 0.1) is 5.92 Å². The lowest BCUT2D eigenvalue weighted by atomic mass is 9.94. The molecule has 3 nitrogen and oxygen atoms in total. The number of nitrogens with zero attached hydrogens (tertiary/aromatic N) is 1. The molecule has 1 heterocycles. The third-order valence-corrected chi connectivity index (χ3v) is 2.96. The van der Waals surface area contributed by atoms with E-state index < -0.39 is 0 Å². The Balaban J connectivity index is 2.86. The molecule has 1 fully saturated rings. The average Bonchev–Trinajstić information content (AvgIpc) is 2.15. The molecule has 0 aromatic carbocycles. The first-order valence-electron chi connectivity index (χ1n) is 3.83. The van der Waals surface area contributed by atoms with Crippen LogP contribution >= 0.6 is 22.6 Å². The fraction of sp³-hybridized carbons (Fsp3) is 0.750. The average molecular weight is 281 g/mol. The highest BCUT2D eigenvalue weighted by atomic mass is 127. The summed E-state index contributed by atoms with van der Waals surface area (Å²) < 4.78 is -0.130. The van der Waals surface area contributed by atoms with Gasteiger partial charge in [0, 0.05) is 16.9 Å². The fourth-order valence-electron chi connectivity index (χ4n) is 1.29. The van der Waals surface area contributed by atoms with E-state index in [0.717, 1.165) is 0 Å². The largest absolute Gasteiger partial charge is 0.285 e. The minimum Gasteiger partial charge on any atom is -0.285 e. The van der Waals surface area contributed by atoms with Crippen LogP contribution in [-0.2, 0) is 9.59 Å². The van der Waals surface area contributed by atoms with Crippen molar-refractivity contribution < 1.29 is 9.59 Å². The number of carbonyl (C=O) groups is 2. The number of hydrogen-bond acceptors (Lipinski definition) is 2. The second-order valence-electron chi connectivity index (χ2n) is 3.61. The van der Waals surface area contributed by atoms with Gasteiger partial charge >= 0.3 is 0 Å². The topological polar surface area (TPSA) is 37.4 Å². The summed E-state index contributed by atoms with van der Waals surface area (Å²) in [7, 11) is 1.55. The van der Waals surface area contributed by atoms with Gasteiger partial charge in [-0.05, 0) is 0 Å². The van der Waals surface area contributed by atoms with Gasteiger partial charge in [0.1, 0.15) is 0 Å². The van der Waals surface area contributed by atoms with Crippen LogP contribution in [0.3, 0.4) is 0 Å². The van der Waals surface area contributed by atoms with E-state index in [9.17, 15) is 9.59 Å². The molecule has 0 saturated carbocycles. The summed E-state index contributed by atoms with van der Waals surface area (Å²) in [6.07, 6.45) is 0.366. The van der Waals surface area contributed by atoms with E-state index in [0.29, 0.717) is 6.42 Å². The van der Waals surface area contributed by atoms with Crippen molar-refractivity contribution in [3.05, 3.63) is 0 Å². The highest BCUT2D eigenvalue weighted by Gasteiger charge is 2.43. The molecule has 4 heteroatoms. The highest BCUT2D eigenvalue weighted by Crippen LogP contribution is 2.35. The highest BCUT2D eigenvalue weighted by molar-refractivity contribution is 14.1. The Morgan fingerprint density at radius 3 is 2.17 bits per heavy atom. The Morgan fingerprint density at radius 1 is 1.50 bits per heavy atom. The zero-order valence-corrected chi connectivity index (χ0v) is 9.58. The zero-order valence-electron chi connectivity index (χ0n) is 7.43. The lowest BCUT2D eigenvalue weighted by Gasteiger charge is -2.21. The molecule has 0 aromatic heterocycles. The standard InChI is InChI=1S/C8H12INO2/c1-8(2,9)5-4-6(11)10(3)7(5)12/h5H,4H2,1-3H3. The van der Waals surface area contributed by atoms with Gasteiger partial charge in [0.25, 0.3) is 0 Å². The second kappa shape index (κ2) is 2.97. The van der Waals surface area contributed by atoms with Crippen molar-refractivity contribution in [1.29, 1.82) is 0 Å². The second-order valence-corrected chi connectivity index (χ2v) is 6.39. The summed E-state index contributed by atoms with van der Waals surface area (Å²) in [6.45, 7) is 3.95. The van der Waals surface area contributed by atoms with Crippen LogP contribution in [0.25, 0.3) is 0 Å². The van der Waals surface area contributed by atoms with Crippen molar-refractivity contribution in [3.8, 4) is 0 Å². The molecule has 12 heavy (non-hydrogen) atoms. The van der Waals surface area contributed by atoms with Crippen LogP contribution in [0.2, 0.25) is 0 Å². The molecule has 1 saturated heterocycles. The van der Waals surface area contributed by atoms with Crippen molar-refractivity contribution in [2.75, 3.05) is 7.05 Å². The number of carbonyl (C=O) groups excluding carboxylic acids is 2. The van der Waals surface area contributed by atoms with Crippen LogP contribution in [-0.4, -0.2) is 27.2 Å². The molecule has 1 aliphatic heterocycles. The first-order valence-corrected chi connectivity index (χ1v) is 4.91. The number of halogens is 1. The monoisotopic (exact) mass is 281 g/mol. The van der Waals surface area contributed by atoms with Crippen LogP contribution in [0.4, 0.5) is 0 Å². The molecular weight excluding hydrogens is 269 g/mol. The van der Waals surface area contributed by atoms with Crippen LogP contribution in [0.15, 0.2) is 0 Å². The number of amides is 2. The van der Waals surface area contributed by atoms with Gasteiger partial charge in [-0.15, -0.1) is 0 Å². The van der Waals surface area contributed by atoms with E-state index >= 15 is 0 Å². The normalized spacial score (nSPS) is 25.3. The minimum absolute atomic E-state index is 0.0422. The molecule has 0 N–H and O–H groups in total. The lowest BCUT2D eigenvalue weighted by molar-refractivity contribution is -0.137. The molecule has 1 aliphatic rings. The number of likely N-dealkylation sites (tertiary alicyclic amines) is 1. The number of alkyl halides is 1. The molecular formula is C8H12INO2. The smallest absolute Gasteiger partial charge is 0.233 e. The summed E-state index contributed by atoms with van der Waals surface area (Å²) in [5.74, 6) is -0.246. The maximum absolute atomic E-state index is 11.5. The molecule has 0 bridgehead atoms. The van der Waals surface area contributed by atoms with Crippen molar-refractivity contribution >= 4 is 34.4 Å². The van der Waals surface area contributed by atoms with Gasteiger partial charge in [0.15, 0.2) is 0 Å². The summed E-state index contributed by atoms with van der Waals surface area (Å²) in [5, 5.41) is 0. The Hall–Kier alpha value is -0.130. The number of hydrogen-bond donors (Lipinski definition) is 0. The zero-order chi connectivity index (χ0) is 9.52. The Labute approximate surface area is 85.6 Å². The third-order valence-electron chi connectivity index (χ3n) is 2.21. The van der Waals surface area contributed by atoms with Crippen LogP contribution in [0.1, 0.15) is 20.3 Å². The van der Waals surface area contributed by atoms with E-state index in [4.69, 9.17) is 0 Å². The summed E-state index contributed by atoms with van der Waals surface area (Å²) >= 11 is 2.21. The lowest BCUT2D eigenvalue weighted by Crippen LogP contribution is -2.32. The Bertz CT molecular complexity index is 232. The van der Waals surface area contributed by atoms with Crippen molar-refractivity contribution in [1.82, 2.24) is 4.90 Å². The summed E-state index contributed by atoms with van der Waals surface area (Å²) in [6, 6.07) is 0. The Morgan fingerprint density at radius 2 is 2.00 bits per heavy atom. The molecule has 1 rings (SSSR count). The maximum atomic E-state index is 11.5. The fourth-order valence-corrected chi connectivity index (χ4v) is 1.78. The van der Waals surface area contributed by atoms with Crippen LogP contribution in [0.5, 0.6) is 0 Å². The molecule has 0 aromatic rings. The number of rotatable bonds is 1. The van der Waals surface area contributed by atoms with Gasteiger partial charge < -0.3 is 0 Å². The molecule has 0 radical (unpaired) electrons.